The molecular formula is C13H27NO2S. The van der Waals surface area contributed by atoms with E-state index in [1.807, 2.05) is 32.7 Å². The molecule has 0 amide bonds. The van der Waals surface area contributed by atoms with Gasteiger partial charge in [-0.05, 0) is 45.9 Å². The highest BCUT2D eigenvalue weighted by atomic mass is 32.2. The molecule has 0 aliphatic rings. The molecule has 0 saturated heterocycles. The van der Waals surface area contributed by atoms with Crippen molar-refractivity contribution in [2.24, 2.45) is 0 Å². The lowest BCUT2D eigenvalue weighted by Gasteiger charge is -2.26. The minimum atomic E-state index is -0.536. The monoisotopic (exact) mass is 261 g/mol. The van der Waals surface area contributed by atoms with Crippen LogP contribution in [-0.4, -0.2) is 36.2 Å². The summed E-state index contributed by atoms with van der Waals surface area (Å²) in [6.07, 6.45) is 3.06. The highest BCUT2D eigenvalue weighted by Gasteiger charge is 2.32. The third kappa shape index (κ3) is 6.32. The van der Waals surface area contributed by atoms with E-state index in [1.165, 1.54) is 6.42 Å². The molecule has 0 spiro atoms. The lowest BCUT2D eigenvalue weighted by molar-refractivity contribution is -0.150. The molecule has 0 saturated carbocycles. The van der Waals surface area contributed by atoms with Gasteiger partial charge < -0.3 is 10.1 Å². The van der Waals surface area contributed by atoms with Crippen LogP contribution in [-0.2, 0) is 9.53 Å². The van der Waals surface area contributed by atoms with Crippen LogP contribution in [0.3, 0.4) is 0 Å². The van der Waals surface area contributed by atoms with Crippen molar-refractivity contribution in [3.63, 3.8) is 0 Å². The summed E-state index contributed by atoms with van der Waals surface area (Å²) in [6, 6.07) is 0. The molecule has 0 heterocycles. The fraction of sp³-hybridized carbons (Fsp3) is 0.923. The molecule has 0 aromatic carbocycles. The van der Waals surface area contributed by atoms with Gasteiger partial charge in [-0.2, -0.15) is 11.8 Å². The van der Waals surface area contributed by atoms with Crippen molar-refractivity contribution >= 4 is 17.7 Å². The molecule has 4 heteroatoms. The third-order valence-corrected chi connectivity index (χ3v) is 4.50. The van der Waals surface area contributed by atoms with E-state index < -0.39 is 5.54 Å². The van der Waals surface area contributed by atoms with Crippen molar-refractivity contribution in [1.29, 1.82) is 0 Å². The maximum atomic E-state index is 11.8. The zero-order chi connectivity index (χ0) is 13.3. The maximum absolute atomic E-state index is 11.8. The normalized spacial score (nSPS) is 16.3. The molecular weight excluding hydrogens is 234 g/mol. The van der Waals surface area contributed by atoms with E-state index in [0.29, 0.717) is 11.9 Å². The SMILES string of the molecule is CCOC(=O)C(C)(CCCSC(C)CC)NC. The molecule has 17 heavy (non-hydrogen) atoms. The Hall–Kier alpha value is -0.220. The van der Waals surface area contributed by atoms with E-state index in [9.17, 15) is 4.79 Å². The van der Waals surface area contributed by atoms with E-state index in [1.54, 1.807) is 0 Å². The van der Waals surface area contributed by atoms with Crippen LogP contribution in [0.25, 0.3) is 0 Å². The molecule has 1 N–H and O–H groups in total. The number of rotatable bonds is 9. The maximum Gasteiger partial charge on any atom is 0.326 e. The van der Waals surface area contributed by atoms with Crippen molar-refractivity contribution in [1.82, 2.24) is 5.32 Å². The Morgan fingerprint density at radius 2 is 2.12 bits per heavy atom. The topological polar surface area (TPSA) is 38.3 Å². The summed E-state index contributed by atoms with van der Waals surface area (Å²) in [6.45, 7) is 8.64. The number of likely N-dealkylation sites (N-methyl/N-ethyl adjacent to an activating group) is 1. The largest absolute Gasteiger partial charge is 0.465 e. The van der Waals surface area contributed by atoms with Crippen LogP contribution in [0.5, 0.6) is 0 Å². The minimum absolute atomic E-state index is 0.143. The van der Waals surface area contributed by atoms with Crippen LogP contribution in [0.2, 0.25) is 0 Å². The summed E-state index contributed by atoms with van der Waals surface area (Å²) in [5.41, 5.74) is -0.536. The van der Waals surface area contributed by atoms with Crippen LogP contribution in [0.4, 0.5) is 0 Å². The Morgan fingerprint density at radius 1 is 1.47 bits per heavy atom. The van der Waals surface area contributed by atoms with Gasteiger partial charge in [-0.1, -0.05) is 13.8 Å². The van der Waals surface area contributed by atoms with Gasteiger partial charge in [-0.3, -0.25) is 4.79 Å². The minimum Gasteiger partial charge on any atom is -0.465 e. The average molecular weight is 261 g/mol. The van der Waals surface area contributed by atoms with Gasteiger partial charge in [-0.15, -0.1) is 0 Å². The van der Waals surface area contributed by atoms with E-state index in [4.69, 9.17) is 4.74 Å². The molecule has 3 nitrogen and oxygen atoms in total. The molecule has 102 valence electrons. The lowest BCUT2D eigenvalue weighted by atomic mass is 9.97. The van der Waals surface area contributed by atoms with E-state index in [0.717, 1.165) is 18.6 Å². The summed E-state index contributed by atoms with van der Waals surface area (Å²) >= 11 is 1.97. The Labute approximate surface area is 110 Å². The fourth-order valence-electron chi connectivity index (χ4n) is 1.45. The smallest absolute Gasteiger partial charge is 0.326 e. The molecule has 2 unspecified atom stereocenters. The van der Waals surface area contributed by atoms with Crippen molar-refractivity contribution < 1.29 is 9.53 Å². The summed E-state index contributed by atoms with van der Waals surface area (Å²) in [5.74, 6) is 0.960. The van der Waals surface area contributed by atoms with Crippen molar-refractivity contribution in [3.8, 4) is 0 Å². The standard InChI is InChI=1S/C13H27NO2S/c1-6-11(3)17-10-8-9-13(4,14-5)12(15)16-7-2/h11,14H,6-10H2,1-5H3. The first-order chi connectivity index (χ1) is 8.00. The first-order valence-corrected chi connectivity index (χ1v) is 7.52. The predicted octanol–water partition coefficient (Wildman–Crippen LogP) is 2.84. The van der Waals surface area contributed by atoms with E-state index in [2.05, 4.69) is 19.2 Å². The van der Waals surface area contributed by atoms with Crippen molar-refractivity contribution in [2.45, 2.75) is 57.7 Å². The first kappa shape index (κ1) is 16.8. The van der Waals surface area contributed by atoms with Crippen LogP contribution in [0, 0.1) is 0 Å². The molecule has 0 bridgehead atoms. The number of carbonyl (C=O) groups is 1. The summed E-state index contributed by atoms with van der Waals surface area (Å²) in [7, 11) is 1.82. The quantitative estimate of drug-likeness (QED) is 0.511. The number of hydrogen-bond donors (Lipinski definition) is 1. The third-order valence-electron chi connectivity index (χ3n) is 3.08. The van der Waals surface area contributed by atoms with Crippen molar-refractivity contribution in [3.05, 3.63) is 0 Å². The van der Waals surface area contributed by atoms with Gasteiger partial charge in [0.05, 0.1) is 6.61 Å². The highest BCUT2D eigenvalue weighted by molar-refractivity contribution is 7.99. The molecule has 0 aromatic rings. The van der Waals surface area contributed by atoms with Crippen LogP contribution >= 0.6 is 11.8 Å². The number of ether oxygens (including phenoxy) is 1. The van der Waals surface area contributed by atoms with E-state index >= 15 is 0 Å². The van der Waals surface area contributed by atoms with Gasteiger partial charge >= 0.3 is 5.97 Å². The highest BCUT2D eigenvalue weighted by Crippen LogP contribution is 2.19. The Balaban J connectivity index is 3.99. The van der Waals surface area contributed by atoms with Crippen LogP contribution < -0.4 is 5.32 Å². The number of thioether (sulfide) groups is 1. The Kier molecular flexibility index (Phi) is 8.70. The molecule has 0 aliphatic carbocycles. The fourth-order valence-corrected chi connectivity index (χ4v) is 2.40. The molecule has 0 radical (unpaired) electrons. The molecule has 0 fully saturated rings. The van der Waals surface area contributed by atoms with Crippen LogP contribution in [0.15, 0.2) is 0 Å². The number of hydrogen-bond acceptors (Lipinski definition) is 4. The average Bonchev–Trinajstić information content (AvgIpc) is 2.34. The van der Waals surface area contributed by atoms with Gasteiger partial charge in [-0.25, -0.2) is 0 Å². The van der Waals surface area contributed by atoms with Crippen LogP contribution in [0.1, 0.15) is 47.0 Å². The van der Waals surface area contributed by atoms with Gasteiger partial charge in [0.15, 0.2) is 0 Å². The van der Waals surface area contributed by atoms with Gasteiger partial charge in [0.2, 0.25) is 0 Å². The molecule has 0 aliphatic heterocycles. The molecule has 0 aromatic heterocycles. The zero-order valence-corrected chi connectivity index (χ0v) is 12.7. The summed E-state index contributed by atoms with van der Waals surface area (Å²) in [5, 5.41) is 3.79. The molecule has 2 atom stereocenters. The number of carbonyl (C=O) groups excluding carboxylic acids is 1. The second-order valence-electron chi connectivity index (χ2n) is 4.50. The van der Waals surface area contributed by atoms with Gasteiger partial charge in [0.1, 0.15) is 5.54 Å². The second kappa shape index (κ2) is 8.81. The second-order valence-corrected chi connectivity index (χ2v) is 6.04. The zero-order valence-electron chi connectivity index (χ0n) is 11.8. The van der Waals surface area contributed by atoms with E-state index in [-0.39, 0.29) is 5.97 Å². The Bertz CT molecular complexity index is 223. The molecule has 0 rings (SSSR count). The van der Waals surface area contributed by atoms with Crippen molar-refractivity contribution in [2.75, 3.05) is 19.4 Å². The number of esters is 1. The van der Waals surface area contributed by atoms with Gasteiger partial charge in [0, 0.05) is 5.25 Å². The summed E-state index contributed by atoms with van der Waals surface area (Å²) in [4.78, 5) is 11.8. The first-order valence-electron chi connectivity index (χ1n) is 6.47. The Morgan fingerprint density at radius 3 is 2.59 bits per heavy atom. The predicted molar refractivity (Wildman–Crippen MR) is 75.5 cm³/mol. The van der Waals surface area contributed by atoms with Gasteiger partial charge in [0.25, 0.3) is 0 Å². The summed E-state index contributed by atoms with van der Waals surface area (Å²) < 4.78 is 5.09. The number of nitrogens with one attached hydrogen (secondary N) is 1. The lowest BCUT2D eigenvalue weighted by Crippen LogP contribution is -2.48.